The number of thiophene rings is 2. The average Bonchev–Trinajstić information content (AvgIpc) is 2.84. The van der Waals surface area contributed by atoms with Crippen molar-refractivity contribution in [2.24, 2.45) is 0 Å². The SMILES string of the molecule is Cc1cc2sc(C3CCCC3)c(C)c2s1. The van der Waals surface area contributed by atoms with Crippen LogP contribution in [0.2, 0.25) is 0 Å². The molecule has 0 N–H and O–H groups in total. The number of fused-ring (bicyclic) bond motifs is 1. The van der Waals surface area contributed by atoms with E-state index < -0.39 is 0 Å². The molecule has 0 aromatic carbocycles. The Hall–Kier alpha value is -0.340. The molecule has 1 saturated carbocycles. The number of rotatable bonds is 1. The molecule has 15 heavy (non-hydrogen) atoms. The van der Waals surface area contributed by atoms with Crippen molar-refractivity contribution < 1.29 is 0 Å². The molecule has 3 rings (SSSR count). The highest BCUT2D eigenvalue weighted by molar-refractivity contribution is 7.28. The second kappa shape index (κ2) is 3.60. The molecule has 1 aliphatic carbocycles. The Morgan fingerprint density at radius 2 is 1.87 bits per heavy atom. The van der Waals surface area contributed by atoms with E-state index in [2.05, 4.69) is 31.3 Å². The molecule has 0 amide bonds. The second-order valence-corrected chi connectivity index (χ2v) is 6.96. The molecule has 80 valence electrons. The summed E-state index contributed by atoms with van der Waals surface area (Å²) in [5.74, 6) is 0.884. The van der Waals surface area contributed by atoms with Crippen molar-refractivity contribution in [3.05, 3.63) is 21.4 Å². The third-order valence-electron chi connectivity index (χ3n) is 3.48. The molecule has 0 saturated heterocycles. The minimum atomic E-state index is 0.884. The summed E-state index contributed by atoms with van der Waals surface area (Å²) in [6.07, 6.45) is 5.73. The van der Waals surface area contributed by atoms with E-state index in [-0.39, 0.29) is 0 Å². The summed E-state index contributed by atoms with van der Waals surface area (Å²) >= 11 is 4.02. The molecule has 0 aliphatic heterocycles. The minimum absolute atomic E-state index is 0.884. The van der Waals surface area contributed by atoms with Gasteiger partial charge < -0.3 is 0 Å². The third-order valence-corrected chi connectivity index (χ3v) is 6.18. The van der Waals surface area contributed by atoms with Gasteiger partial charge >= 0.3 is 0 Å². The maximum Gasteiger partial charge on any atom is 0.0485 e. The third kappa shape index (κ3) is 1.55. The van der Waals surface area contributed by atoms with Crippen molar-refractivity contribution in [1.82, 2.24) is 0 Å². The van der Waals surface area contributed by atoms with Gasteiger partial charge in [0.25, 0.3) is 0 Å². The number of aryl methyl sites for hydroxylation is 2. The molecule has 2 aromatic rings. The molecule has 0 radical (unpaired) electrons. The highest BCUT2D eigenvalue weighted by atomic mass is 32.1. The first kappa shape index (κ1) is 9.86. The Bertz CT molecular complexity index is 484. The highest BCUT2D eigenvalue weighted by Gasteiger charge is 2.22. The van der Waals surface area contributed by atoms with E-state index in [1.54, 1.807) is 15.1 Å². The van der Waals surface area contributed by atoms with Crippen LogP contribution in [0.1, 0.15) is 46.9 Å². The molecule has 2 heteroatoms. The van der Waals surface area contributed by atoms with Gasteiger partial charge in [-0.15, -0.1) is 22.7 Å². The van der Waals surface area contributed by atoms with Crippen molar-refractivity contribution in [3.8, 4) is 0 Å². The first-order valence-corrected chi connectivity index (χ1v) is 7.38. The van der Waals surface area contributed by atoms with Gasteiger partial charge in [-0.05, 0) is 44.2 Å². The first-order valence-electron chi connectivity index (χ1n) is 5.75. The zero-order valence-electron chi connectivity index (χ0n) is 9.30. The topological polar surface area (TPSA) is 0 Å². The lowest BCUT2D eigenvalue weighted by molar-refractivity contribution is 0.734. The van der Waals surface area contributed by atoms with Crippen LogP contribution >= 0.6 is 22.7 Å². The average molecular weight is 236 g/mol. The van der Waals surface area contributed by atoms with Crippen LogP contribution in [0.4, 0.5) is 0 Å². The van der Waals surface area contributed by atoms with Gasteiger partial charge in [-0.2, -0.15) is 0 Å². The van der Waals surface area contributed by atoms with Crippen LogP contribution in [0.15, 0.2) is 6.07 Å². The van der Waals surface area contributed by atoms with Crippen LogP contribution in [-0.4, -0.2) is 0 Å². The van der Waals surface area contributed by atoms with Gasteiger partial charge in [-0.25, -0.2) is 0 Å². The number of hydrogen-bond donors (Lipinski definition) is 0. The van der Waals surface area contributed by atoms with Gasteiger partial charge in [0, 0.05) is 19.2 Å². The minimum Gasteiger partial charge on any atom is -0.139 e. The Morgan fingerprint density at radius 1 is 1.13 bits per heavy atom. The van der Waals surface area contributed by atoms with Crippen molar-refractivity contribution in [1.29, 1.82) is 0 Å². The predicted octanol–water partition coefficient (Wildman–Crippen LogP) is 5.24. The molecule has 2 aromatic heterocycles. The monoisotopic (exact) mass is 236 g/mol. The zero-order chi connectivity index (χ0) is 10.4. The molecular weight excluding hydrogens is 220 g/mol. The second-order valence-electron chi connectivity index (χ2n) is 4.62. The van der Waals surface area contributed by atoms with E-state index >= 15 is 0 Å². The van der Waals surface area contributed by atoms with Crippen LogP contribution in [-0.2, 0) is 0 Å². The van der Waals surface area contributed by atoms with Crippen LogP contribution in [0.25, 0.3) is 9.40 Å². The fraction of sp³-hybridized carbons (Fsp3) is 0.538. The van der Waals surface area contributed by atoms with Gasteiger partial charge in [-0.1, -0.05) is 12.8 Å². The Kier molecular flexibility index (Phi) is 2.37. The highest BCUT2D eigenvalue weighted by Crippen LogP contribution is 2.45. The normalized spacial score (nSPS) is 18.0. The molecular formula is C13H16S2. The van der Waals surface area contributed by atoms with Gasteiger partial charge in [0.05, 0.1) is 0 Å². The molecule has 0 unspecified atom stereocenters. The fourth-order valence-corrected chi connectivity index (χ4v) is 5.40. The lowest BCUT2D eigenvalue weighted by atomic mass is 10.0. The maximum absolute atomic E-state index is 2.36. The van der Waals surface area contributed by atoms with Crippen LogP contribution in [0.5, 0.6) is 0 Å². The predicted molar refractivity (Wildman–Crippen MR) is 70.4 cm³/mol. The fourth-order valence-electron chi connectivity index (χ4n) is 2.71. The van der Waals surface area contributed by atoms with Crippen molar-refractivity contribution in [2.45, 2.75) is 45.4 Å². The number of hydrogen-bond acceptors (Lipinski definition) is 2. The summed E-state index contributed by atoms with van der Waals surface area (Å²) < 4.78 is 3.08. The summed E-state index contributed by atoms with van der Waals surface area (Å²) in [6.45, 7) is 4.54. The lowest BCUT2D eigenvalue weighted by Gasteiger charge is -2.07. The van der Waals surface area contributed by atoms with Crippen LogP contribution < -0.4 is 0 Å². The van der Waals surface area contributed by atoms with Gasteiger partial charge in [-0.3, -0.25) is 0 Å². The van der Waals surface area contributed by atoms with E-state index in [4.69, 9.17) is 0 Å². The van der Waals surface area contributed by atoms with Gasteiger partial charge in [0.2, 0.25) is 0 Å². The Morgan fingerprint density at radius 3 is 2.53 bits per heavy atom. The summed E-state index contributed by atoms with van der Waals surface area (Å²) in [4.78, 5) is 3.14. The standard InChI is InChI=1S/C13H16S2/c1-8-7-11-13(14-8)9(2)12(15-11)10-5-3-4-6-10/h7,10H,3-6H2,1-2H3. The smallest absolute Gasteiger partial charge is 0.0485 e. The molecule has 0 atom stereocenters. The van der Waals surface area contributed by atoms with E-state index in [9.17, 15) is 0 Å². The molecule has 2 heterocycles. The van der Waals surface area contributed by atoms with Crippen LogP contribution in [0.3, 0.4) is 0 Å². The molecule has 0 nitrogen and oxygen atoms in total. The summed E-state index contributed by atoms with van der Waals surface area (Å²) in [5, 5.41) is 0. The summed E-state index contributed by atoms with van der Waals surface area (Å²) in [6, 6.07) is 2.36. The Balaban J connectivity index is 2.11. The summed E-state index contributed by atoms with van der Waals surface area (Å²) in [7, 11) is 0. The van der Waals surface area contributed by atoms with E-state index in [0.29, 0.717) is 0 Å². The zero-order valence-corrected chi connectivity index (χ0v) is 10.9. The Labute approximate surface area is 98.9 Å². The molecule has 1 aliphatic rings. The quantitative estimate of drug-likeness (QED) is 0.635. The van der Waals surface area contributed by atoms with Gasteiger partial charge in [0.1, 0.15) is 0 Å². The molecule has 1 fully saturated rings. The van der Waals surface area contributed by atoms with Gasteiger partial charge in [0.15, 0.2) is 0 Å². The lowest BCUT2D eigenvalue weighted by Crippen LogP contribution is -1.89. The first-order chi connectivity index (χ1) is 7.25. The van der Waals surface area contributed by atoms with E-state index in [0.717, 1.165) is 5.92 Å². The molecule has 0 spiro atoms. The van der Waals surface area contributed by atoms with Crippen molar-refractivity contribution >= 4 is 32.1 Å². The van der Waals surface area contributed by atoms with E-state index in [1.165, 1.54) is 35.3 Å². The summed E-state index contributed by atoms with van der Waals surface area (Å²) in [5.41, 5.74) is 1.58. The van der Waals surface area contributed by atoms with Crippen molar-refractivity contribution in [2.75, 3.05) is 0 Å². The van der Waals surface area contributed by atoms with E-state index in [1.807, 2.05) is 11.3 Å². The largest absolute Gasteiger partial charge is 0.139 e. The van der Waals surface area contributed by atoms with Crippen molar-refractivity contribution in [3.63, 3.8) is 0 Å². The molecule has 0 bridgehead atoms. The maximum atomic E-state index is 2.36. The van der Waals surface area contributed by atoms with Crippen LogP contribution in [0, 0.1) is 13.8 Å².